The first-order chi connectivity index (χ1) is 13.5. The summed E-state index contributed by atoms with van der Waals surface area (Å²) in [5.74, 6) is 0.330. The number of piperidine rings is 1. The van der Waals surface area contributed by atoms with Crippen molar-refractivity contribution in [2.75, 3.05) is 31.1 Å². The number of pyridine rings is 1. The number of morpholine rings is 1. The summed E-state index contributed by atoms with van der Waals surface area (Å²) in [6, 6.07) is 12.0. The van der Waals surface area contributed by atoms with Crippen LogP contribution in [0, 0.1) is 17.2 Å². The van der Waals surface area contributed by atoms with Gasteiger partial charge in [-0.2, -0.15) is 5.26 Å². The lowest BCUT2D eigenvalue weighted by Crippen LogP contribution is -2.51. The van der Waals surface area contributed by atoms with Crippen molar-refractivity contribution >= 4 is 22.5 Å². The molecule has 0 radical (unpaired) electrons. The van der Waals surface area contributed by atoms with E-state index in [0.717, 1.165) is 42.5 Å². The number of anilines is 1. The van der Waals surface area contributed by atoms with E-state index in [1.165, 1.54) is 0 Å². The Labute approximate surface area is 165 Å². The van der Waals surface area contributed by atoms with E-state index in [0.29, 0.717) is 18.8 Å². The zero-order valence-corrected chi connectivity index (χ0v) is 16.5. The molecule has 6 heteroatoms. The molecule has 4 rings (SSSR count). The molecule has 28 heavy (non-hydrogen) atoms. The molecule has 0 saturated carbocycles. The first kappa shape index (κ1) is 18.7. The highest BCUT2D eigenvalue weighted by Gasteiger charge is 2.33. The van der Waals surface area contributed by atoms with Crippen molar-refractivity contribution < 1.29 is 9.53 Å². The van der Waals surface area contributed by atoms with E-state index in [-0.39, 0.29) is 24.0 Å². The minimum Gasteiger partial charge on any atom is -0.372 e. The number of rotatable bonds is 2. The van der Waals surface area contributed by atoms with E-state index >= 15 is 0 Å². The van der Waals surface area contributed by atoms with Crippen LogP contribution in [-0.4, -0.2) is 54.2 Å². The van der Waals surface area contributed by atoms with Crippen molar-refractivity contribution in [3.05, 3.63) is 36.0 Å². The van der Waals surface area contributed by atoms with Gasteiger partial charge < -0.3 is 14.5 Å². The molecule has 2 aliphatic rings. The van der Waals surface area contributed by atoms with Gasteiger partial charge in [0.25, 0.3) is 0 Å². The molecule has 0 spiro atoms. The van der Waals surface area contributed by atoms with E-state index < -0.39 is 0 Å². The van der Waals surface area contributed by atoms with Crippen LogP contribution < -0.4 is 4.90 Å². The fourth-order valence-corrected chi connectivity index (χ4v) is 4.46. The van der Waals surface area contributed by atoms with E-state index in [1.54, 1.807) is 0 Å². The Morgan fingerprint density at radius 2 is 1.86 bits per heavy atom. The van der Waals surface area contributed by atoms with Crippen molar-refractivity contribution in [2.45, 2.75) is 38.9 Å². The lowest BCUT2D eigenvalue weighted by Gasteiger charge is -2.39. The molecule has 6 nitrogen and oxygen atoms in total. The Kier molecular flexibility index (Phi) is 5.19. The molecule has 2 saturated heterocycles. The quantitative estimate of drug-likeness (QED) is 0.804. The number of ether oxygens (including phenoxy) is 1. The number of amides is 1. The van der Waals surface area contributed by atoms with Crippen LogP contribution in [0.5, 0.6) is 0 Å². The van der Waals surface area contributed by atoms with Gasteiger partial charge in [0.2, 0.25) is 5.91 Å². The maximum absolute atomic E-state index is 13.0. The van der Waals surface area contributed by atoms with Crippen molar-refractivity contribution in [1.29, 1.82) is 5.26 Å². The van der Waals surface area contributed by atoms with Gasteiger partial charge in [-0.15, -0.1) is 0 Å². The van der Waals surface area contributed by atoms with E-state index in [4.69, 9.17) is 4.74 Å². The van der Waals surface area contributed by atoms with Gasteiger partial charge in [0.1, 0.15) is 11.8 Å². The largest absolute Gasteiger partial charge is 0.372 e. The highest BCUT2D eigenvalue weighted by atomic mass is 16.5. The van der Waals surface area contributed by atoms with Gasteiger partial charge in [-0.05, 0) is 38.8 Å². The van der Waals surface area contributed by atoms with Crippen molar-refractivity contribution in [3.63, 3.8) is 0 Å². The monoisotopic (exact) mass is 378 g/mol. The fraction of sp³-hybridized carbons (Fsp3) is 0.500. The number of nitriles is 1. The predicted octanol–water partition coefficient (Wildman–Crippen LogP) is 2.96. The van der Waals surface area contributed by atoms with E-state index in [2.05, 4.69) is 16.0 Å². The van der Waals surface area contributed by atoms with Crippen LogP contribution in [0.15, 0.2) is 30.3 Å². The first-order valence-electron chi connectivity index (χ1n) is 10.0. The van der Waals surface area contributed by atoms with Gasteiger partial charge in [-0.3, -0.25) is 4.79 Å². The molecule has 1 aromatic heterocycles. The van der Waals surface area contributed by atoms with Crippen LogP contribution in [0.25, 0.3) is 10.9 Å². The third-order valence-corrected chi connectivity index (χ3v) is 5.73. The standard InChI is InChI=1S/C22H26N4O2/c1-15-13-26(14-16(2)28-15)22(27)17-7-9-25(10-8-17)21-11-18(12-23)24-20-6-4-3-5-19(20)21/h3-6,11,15-17H,7-10,13-14H2,1-2H3. The second kappa shape index (κ2) is 7.76. The first-order valence-corrected chi connectivity index (χ1v) is 10.0. The van der Waals surface area contributed by atoms with Gasteiger partial charge in [-0.1, -0.05) is 18.2 Å². The molecule has 1 amide bonds. The number of aromatic nitrogens is 1. The topological polar surface area (TPSA) is 69.5 Å². The number of carbonyl (C=O) groups excluding carboxylic acids is 1. The van der Waals surface area contributed by atoms with Gasteiger partial charge in [0.05, 0.1) is 17.7 Å². The Bertz CT molecular complexity index is 904. The van der Waals surface area contributed by atoms with Crippen LogP contribution in [0.1, 0.15) is 32.4 Å². The van der Waals surface area contributed by atoms with Gasteiger partial charge in [0.15, 0.2) is 0 Å². The lowest BCUT2D eigenvalue weighted by atomic mass is 9.94. The highest BCUT2D eigenvalue weighted by Crippen LogP contribution is 2.31. The maximum Gasteiger partial charge on any atom is 0.225 e. The number of hydrogen-bond donors (Lipinski definition) is 0. The van der Waals surface area contributed by atoms with Crippen LogP contribution in [0.4, 0.5) is 5.69 Å². The zero-order chi connectivity index (χ0) is 19.7. The summed E-state index contributed by atoms with van der Waals surface area (Å²) in [5.41, 5.74) is 2.32. The smallest absolute Gasteiger partial charge is 0.225 e. The Morgan fingerprint density at radius 1 is 1.18 bits per heavy atom. The van der Waals surface area contributed by atoms with Crippen LogP contribution in [0.2, 0.25) is 0 Å². The summed E-state index contributed by atoms with van der Waals surface area (Å²) in [6.45, 7) is 7.04. The summed E-state index contributed by atoms with van der Waals surface area (Å²) >= 11 is 0. The number of nitrogens with zero attached hydrogens (tertiary/aromatic N) is 4. The molecular weight excluding hydrogens is 352 g/mol. The third kappa shape index (κ3) is 3.67. The van der Waals surface area contributed by atoms with Crippen LogP contribution in [0.3, 0.4) is 0 Å². The molecule has 0 bridgehead atoms. The lowest BCUT2D eigenvalue weighted by molar-refractivity contribution is -0.148. The summed E-state index contributed by atoms with van der Waals surface area (Å²) in [4.78, 5) is 21.7. The van der Waals surface area contributed by atoms with E-state index in [1.807, 2.05) is 49.1 Å². The molecule has 2 fully saturated rings. The fourth-order valence-electron chi connectivity index (χ4n) is 4.46. The molecule has 2 aliphatic heterocycles. The normalized spacial score (nSPS) is 23.6. The van der Waals surface area contributed by atoms with Gasteiger partial charge >= 0.3 is 0 Å². The second-order valence-corrected chi connectivity index (χ2v) is 7.92. The average Bonchev–Trinajstić information content (AvgIpc) is 2.72. The molecule has 2 unspecified atom stereocenters. The molecule has 146 valence electrons. The summed E-state index contributed by atoms with van der Waals surface area (Å²) in [5, 5.41) is 10.4. The van der Waals surface area contributed by atoms with Crippen molar-refractivity contribution in [2.24, 2.45) is 5.92 Å². The maximum atomic E-state index is 13.0. The Morgan fingerprint density at radius 3 is 2.54 bits per heavy atom. The zero-order valence-electron chi connectivity index (χ0n) is 16.5. The minimum atomic E-state index is 0.0669. The van der Waals surface area contributed by atoms with Crippen molar-refractivity contribution in [3.8, 4) is 6.07 Å². The van der Waals surface area contributed by atoms with Gasteiger partial charge in [0, 0.05) is 43.2 Å². The van der Waals surface area contributed by atoms with Gasteiger partial charge in [-0.25, -0.2) is 4.98 Å². The second-order valence-electron chi connectivity index (χ2n) is 7.92. The molecule has 3 heterocycles. The third-order valence-electron chi connectivity index (χ3n) is 5.73. The minimum absolute atomic E-state index is 0.0669. The molecular formula is C22H26N4O2. The average molecular weight is 378 g/mol. The molecule has 0 N–H and O–H groups in total. The molecule has 2 atom stereocenters. The van der Waals surface area contributed by atoms with Crippen LogP contribution >= 0.6 is 0 Å². The van der Waals surface area contributed by atoms with Crippen molar-refractivity contribution in [1.82, 2.24) is 9.88 Å². The predicted molar refractivity (Wildman–Crippen MR) is 108 cm³/mol. The highest BCUT2D eigenvalue weighted by molar-refractivity contribution is 5.92. The SMILES string of the molecule is CC1CN(C(=O)C2CCN(c3cc(C#N)nc4ccccc34)CC2)CC(C)O1. The number of hydrogen-bond acceptors (Lipinski definition) is 5. The molecule has 2 aromatic rings. The van der Waals surface area contributed by atoms with E-state index in [9.17, 15) is 10.1 Å². The number of para-hydroxylation sites is 1. The summed E-state index contributed by atoms with van der Waals surface area (Å²) < 4.78 is 5.76. The molecule has 0 aliphatic carbocycles. The van der Waals surface area contributed by atoms with Crippen LogP contribution in [-0.2, 0) is 9.53 Å². The Hall–Kier alpha value is -2.65. The number of carbonyl (C=O) groups is 1. The number of fused-ring (bicyclic) bond motifs is 1. The molecule has 1 aromatic carbocycles. The summed E-state index contributed by atoms with van der Waals surface area (Å²) in [7, 11) is 0. The summed E-state index contributed by atoms with van der Waals surface area (Å²) in [6.07, 6.45) is 1.86. The number of benzene rings is 1. The Balaban J connectivity index is 1.48.